The molecule has 1 heterocycles. The number of rotatable bonds is 3. The van der Waals surface area contributed by atoms with Crippen LogP contribution in [0.2, 0.25) is 0 Å². The van der Waals surface area contributed by atoms with Crippen LogP contribution in [0.4, 0.5) is 14.5 Å². The Kier molecular flexibility index (Phi) is 3.15. The predicted octanol–water partition coefficient (Wildman–Crippen LogP) is 3.23. The van der Waals surface area contributed by atoms with E-state index in [1.165, 1.54) is 6.07 Å². The van der Waals surface area contributed by atoms with Crippen molar-refractivity contribution in [3.05, 3.63) is 28.4 Å². The van der Waals surface area contributed by atoms with Crippen LogP contribution in [0.15, 0.2) is 24.8 Å². The van der Waals surface area contributed by atoms with Gasteiger partial charge >= 0.3 is 6.29 Å². The van der Waals surface area contributed by atoms with Crippen molar-refractivity contribution in [2.45, 2.75) is 6.29 Å². The van der Waals surface area contributed by atoms with E-state index in [0.717, 1.165) is 9.26 Å². The number of hydrogen-bond donors (Lipinski definition) is 0. The van der Waals surface area contributed by atoms with Crippen LogP contribution in [0.25, 0.3) is 0 Å². The average Bonchev–Trinajstić information content (AvgIpc) is 2.50. The Morgan fingerprint density at radius 2 is 2.00 bits per heavy atom. The normalized spacial score (nSPS) is 15.8. The van der Waals surface area contributed by atoms with Gasteiger partial charge in [-0.3, -0.25) is 0 Å². The summed E-state index contributed by atoms with van der Waals surface area (Å²) in [5.74, 6) is 0.122. The summed E-state index contributed by atoms with van der Waals surface area (Å²) < 4.78 is 35.3. The largest absolute Gasteiger partial charge is 0.586 e. The molecule has 0 bridgehead atoms. The van der Waals surface area contributed by atoms with Crippen molar-refractivity contribution in [3.8, 4) is 11.5 Å². The first-order chi connectivity index (χ1) is 7.93. The van der Waals surface area contributed by atoms with E-state index in [2.05, 4.69) is 38.6 Å². The molecule has 6 heteroatoms. The van der Waals surface area contributed by atoms with Gasteiger partial charge in [0.2, 0.25) is 0 Å². The van der Waals surface area contributed by atoms with Gasteiger partial charge in [0.1, 0.15) is 0 Å². The Morgan fingerprint density at radius 1 is 1.41 bits per heavy atom. The second kappa shape index (κ2) is 4.32. The van der Waals surface area contributed by atoms with Crippen LogP contribution in [0.3, 0.4) is 0 Å². The highest BCUT2D eigenvalue weighted by atomic mass is 127. The molecule has 0 saturated heterocycles. The van der Waals surface area contributed by atoms with E-state index in [-0.39, 0.29) is 11.5 Å². The molecular formula is C11H10F2INO2. The maximum atomic E-state index is 12.9. The molecule has 1 aromatic carbocycles. The van der Waals surface area contributed by atoms with E-state index < -0.39 is 6.29 Å². The van der Waals surface area contributed by atoms with Crippen molar-refractivity contribution >= 4 is 28.3 Å². The fourth-order valence-corrected chi connectivity index (χ4v) is 2.40. The van der Waals surface area contributed by atoms with Crippen molar-refractivity contribution in [1.82, 2.24) is 0 Å². The quantitative estimate of drug-likeness (QED) is 0.615. The van der Waals surface area contributed by atoms with Crippen LogP contribution in [0.1, 0.15) is 0 Å². The molecule has 3 nitrogen and oxygen atoms in total. The predicted molar refractivity (Wildman–Crippen MR) is 68.8 cm³/mol. The van der Waals surface area contributed by atoms with Crippen LogP contribution in [-0.4, -0.2) is 19.9 Å². The molecule has 1 aliphatic rings. The third kappa shape index (κ3) is 2.46. The minimum absolute atomic E-state index is 0.0568. The van der Waals surface area contributed by atoms with E-state index in [1.807, 2.05) is 11.9 Å². The van der Waals surface area contributed by atoms with E-state index in [4.69, 9.17) is 0 Å². The molecule has 0 saturated carbocycles. The Balaban J connectivity index is 2.36. The zero-order valence-electron chi connectivity index (χ0n) is 9.04. The average molecular weight is 353 g/mol. The molecule has 0 fully saturated rings. The Hall–Kier alpha value is -1.05. The summed E-state index contributed by atoms with van der Waals surface area (Å²) in [6.45, 7) is 4.25. The highest BCUT2D eigenvalue weighted by Crippen LogP contribution is 2.44. The third-order valence-corrected chi connectivity index (χ3v) is 3.15. The highest BCUT2D eigenvalue weighted by Gasteiger charge is 2.43. The molecule has 0 radical (unpaired) electrons. The van der Waals surface area contributed by atoms with Gasteiger partial charge in [0.15, 0.2) is 11.5 Å². The molecule has 0 atom stereocenters. The molecule has 0 aromatic heterocycles. The summed E-state index contributed by atoms with van der Waals surface area (Å²) in [6.07, 6.45) is -1.84. The number of anilines is 1. The maximum Gasteiger partial charge on any atom is 0.586 e. The summed E-state index contributed by atoms with van der Waals surface area (Å²) in [4.78, 5) is 1.88. The minimum Gasteiger partial charge on any atom is -0.395 e. The van der Waals surface area contributed by atoms with Crippen molar-refractivity contribution in [3.63, 3.8) is 0 Å². The minimum atomic E-state index is -3.57. The zero-order chi connectivity index (χ0) is 12.6. The summed E-state index contributed by atoms with van der Waals surface area (Å²) >= 11 is 2.06. The fourth-order valence-electron chi connectivity index (χ4n) is 1.55. The zero-order valence-corrected chi connectivity index (χ0v) is 11.2. The topological polar surface area (TPSA) is 21.7 Å². The number of benzene rings is 1. The van der Waals surface area contributed by atoms with E-state index >= 15 is 0 Å². The summed E-state index contributed by atoms with van der Waals surface area (Å²) in [5, 5.41) is 0. The van der Waals surface area contributed by atoms with Crippen molar-refractivity contribution in [2.75, 3.05) is 18.5 Å². The van der Waals surface area contributed by atoms with Gasteiger partial charge < -0.3 is 14.4 Å². The maximum absolute atomic E-state index is 12.9. The molecule has 0 aliphatic carbocycles. The second-order valence-electron chi connectivity index (χ2n) is 3.59. The number of nitrogens with zero attached hydrogens (tertiary/aromatic N) is 1. The van der Waals surface area contributed by atoms with Gasteiger partial charge in [0, 0.05) is 23.2 Å². The molecule has 0 N–H and O–H groups in total. The second-order valence-corrected chi connectivity index (χ2v) is 4.75. The lowest BCUT2D eigenvalue weighted by Crippen LogP contribution is -2.25. The van der Waals surface area contributed by atoms with Crippen LogP contribution in [0.5, 0.6) is 11.5 Å². The van der Waals surface area contributed by atoms with Gasteiger partial charge in [0.25, 0.3) is 0 Å². The number of fused-ring (bicyclic) bond motifs is 1. The molecule has 0 amide bonds. The summed E-state index contributed by atoms with van der Waals surface area (Å²) in [6, 6.07) is 3.08. The van der Waals surface area contributed by atoms with E-state index in [0.29, 0.717) is 6.54 Å². The third-order valence-electron chi connectivity index (χ3n) is 2.28. The number of halogens is 3. The van der Waals surface area contributed by atoms with Gasteiger partial charge in [0.05, 0.1) is 5.69 Å². The standard InChI is InChI=1S/C11H10F2INO2/c1-3-4-15(2)8-6-10-9(5-7(8)14)16-11(12,13)17-10/h3,5-6H,1,4H2,2H3. The Labute approximate surface area is 111 Å². The van der Waals surface area contributed by atoms with Crippen molar-refractivity contribution in [1.29, 1.82) is 0 Å². The van der Waals surface area contributed by atoms with Crippen LogP contribution < -0.4 is 14.4 Å². The lowest BCUT2D eigenvalue weighted by Gasteiger charge is -2.19. The van der Waals surface area contributed by atoms with E-state index in [1.54, 1.807) is 12.1 Å². The number of hydrogen-bond acceptors (Lipinski definition) is 3. The highest BCUT2D eigenvalue weighted by molar-refractivity contribution is 14.1. The molecule has 1 aliphatic heterocycles. The molecule has 92 valence electrons. The fraction of sp³-hybridized carbons (Fsp3) is 0.273. The number of likely N-dealkylation sites (N-methyl/N-ethyl adjacent to an activating group) is 1. The summed E-state index contributed by atoms with van der Waals surface area (Å²) in [7, 11) is 1.85. The van der Waals surface area contributed by atoms with E-state index in [9.17, 15) is 8.78 Å². The smallest absolute Gasteiger partial charge is 0.395 e. The van der Waals surface area contributed by atoms with Crippen LogP contribution in [-0.2, 0) is 0 Å². The molecule has 0 spiro atoms. The van der Waals surface area contributed by atoms with Gasteiger partial charge in [-0.1, -0.05) is 6.08 Å². The molecule has 1 aromatic rings. The Bertz CT molecular complexity index is 465. The number of ether oxygens (including phenoxy) is 2. The van der Waals surface area contributed by atoms with Crippen molar-refractivity contribution < 1.29 is 18.3 Å². The molecule has 17 heavy (non-hydrogen) atoms. The Morgan fingerprint density at radius 3 is 2.59 bits per heavy atom. The lowest BCUT2D eigenvalue weighted by atomic mass is 10.2. The molecular weight excluding hydrogens is 343 g/mol. The SMILES string of the molecule is C=CCN(C)c1cc2c(cc1I)OC(F)(F)O2. The number of alkyl halides is 2. The first-order valence-corrected chi connectivity index (χ1v) is 5.92. The van der Waals surface area contributed by atoms with Crippen LogP contribution >= 0.6 is 22.6 Å². The first-order valence-electron chi connectivity index (χ1n) is 4.84. The lowest BCUT2D eigenvalue weighted by molar-refractivity contribution is -0.286. The summed E-state index contributed by atoms with van der Waals surface area (Å²) in [5.41, 5.74) is 0.797. The van der Waals surface area contributed by atoms with Crippen molar-refractivity contribution in [2.24, 2.45) is 0 Å². The van der Waals surface area contributed by atoms with Gasteiger partial charge in [-0.2, -0.15) is 0 Å². The first kappa shape index (κ1) is 12.4. The van der Waals surface area contributed by atoms with Gasteiger partial charge in [-0.05, 0) is 28.7 Å². The monoisotopic (exact) mass is 353 g/mol. The molecule has 2 rings (SSSR count). The van der Waals surface area contributed by atoms with Gasteiger partial charge in [-0.15, -0.1) is 15.4 Å². The van der Waals surface area contributed by atoms with Gasteiger partial charge in [-0.25, -0.2) is 0 Å². The van der Waals surface area contributed by atoms with Crippen LogP contribution in [0, 0.1) is 3.57 Å². The molecule has 0 unspecified atom stereocenters.